The average molecular weight is 256 g/mol. The second-order valence-electron chi connectivity index (χ2n) is 6.34. The van der Waals surface area contributed by atoms with Crippen LogP contribution in [0, 0.1) is 5.41 Å². The van der Waals surface area contributed by atoms with Gasteiger partial charge < -0.3 is 5.32 Å². The van der Waals surface area contributed by atoms with Gasteiger partial charge in [-0.25, -0.2) is 0 Å². The van der Waals surface area contributed by atoms with Crippen molar-refractivity contribution in [1.29, 1.82) is 0 Å². The zero-order valence-corrected chi connectivity index (χ0v) is 12.4. The third-order valence-corrected chi connectivity index (χ3v) is 3.28. The van der Waals surface area contributed by atoms with Crippen molar-refractivity contribution in [2.45, 2.75) is 40.2 Å². The Morgan fingerprint density at radius 3 is 2.63 bits per heavy atom. The van der Waals surface area contributed by atoms with E-state index in [1.165, 1.54) is 10.9 Å². The lowest BCUT2D eigenvalue weighted by molar-refractivity contribution is 0.314. The van der Waals surface area contributed by atoms with E-state index in [0.29, 0.717) is 11.5 Å². The summed E-state index contributed by atoms with van der Waals surface area (Å²) in [6, 6.07) is 10.9. The second-order valence-corrected chi connectivity index (χ2v) is 6.34. The van der Waals surface area contributed by atoms with Crippen LogP contribution < -0.4 is 5.32 Å². The molecule has 2 heteroatoms. The van der Waals surface area contributed by atoms with Crippen molar-refractivity contribution in [2.24, 2.45) is 5.41 Å². The molecule has 2 rings (SSSR count). The zero-order valence-electron chi connectivity index (χ0n) is 12.4. The van der Waals surface area contributed by atoms with Gasteiger partial charge in [-0.05, 0) is 36.1 Å². The standard InChI is InChI=1S/C17H24N2/c1-5-18-16(11-17(2,3)4)14-10-13-8-6-7-9-15(13)19-12-14/h6-10,12,16,18H,5,11H2,1-4H3. The first-order valence-electron chi connectivity index (χ1n) is 7.07. The van der Waals surface area contributed by atoms with E-state index in [1.807, 2.05) is 12.3 Å². The fourth-order valence-corrected chi connectivity index (χ4v) is 2.45. The van der Waals surface area contributed by atoms with Gasteiger partial charge in [0.25, 0.3) is 0 Å². The maximum atomic E-state index is 4.57. The second kappa shape index (κ2) is 5.70. The first-order valence-corrected chi connectivity index (χ1v) is 7.07. The molecule has 2 nitrogen and oxygen atoms in total. The van der Waals surface area contributed by atoms with E-state index in [9.17, 15) is 0 Å². The third kappa shape index (κ3) is 3.77. The molecule has 1 atom stereocenters. The molecule has 19 heavy (non-hydrogen) atoms. The quantitative estimate of drug-likeness (QED) is 0.881. The zero-order chi connectivity index (χ0) is 13.9. The molecule has 1 heterocycles. The molecule has 1 aromatic carbocycles. The van der Waals surface area contributed by atoms with E-state index in [1.54, 1.807) is 0 Å². The van der Waals surface area contributed by atoms with Crippen molar-refractivity contribution >= 4 is 10.9 Å². The highest BCUT2D eigenvalue weighted by Gasteiger charge is 2.19. The first kappa shape index (κ1) is 14.0. The molecule has 102 valence electrons. The van der Waals surface area contributed by atoms with Gasteiger partial charge in [-0.1, -0.05) is 45.9 Å². The minimum Gasteiger partial charge on any atom is -0.310 e. The van der Waals surface area contributed by atoms with Gasteiger partial charge in [0, 0.05) is 17.6 Å². The van der Waals surface area contributed by atoms with E-state index in [0.717, 1.165) is 18.5 Å². The van der Waals surface area contributed by atoms with Gasteiger partial charge in [0.2, 0.25) is 0 Å². The summed E-state index contributed by atoms with van der Waals surface area (Å²) in [5.41, 5.74) is 2.66. The highest BCUT2D eigenvalue weighted by Crippen LogP contribution is 2.30. The molecule has 2 aromatic rings. The van der Waals surface area contributed by atoms with Crippen LogP contribution in [0.3, 0.4) is 0 Å². The number of hydrogen-bond donors (Lipinski definition) is 1. The minimum atomic E-state index is 0.304. The van der Waals surface area contributed by atoms with Crippen LogP contribution in [0.5, 0.6) is 0 Å². The van der Waals surface area contributed by atoms with Crippen LogP contribution in [0.25, 0.3) is 10.9 Å². The third-order valence-electron chi connectivity index (χ3n) is 3.28. The molecule has 0 radical (unpaired) electrons. The number of para-hydroxylation sites is 1. The lowest BCUT2D eigenvalue weighted by Crippen LogP contribution is -2.25. The number of benzene rings is 1. The summed E-state index contributed by atoms with van der Waals surface area (Å²) < 4.78 is 0. The van der Waals surface area contributed by atoms with Crippen LogP contribution >= 0.6 is 0 Å². The molecule has 1 unspecified atom stereocenters. The van der Waals surface area contributed by atoms with Crippen molar-refractivity contribution in [1.82, 2.24) is 10.3 Å². The summed E-state index contributed by atoms with van der Waals surface area (Å²) in [4.78, 5) is 4.57. The van der Waals surface area contributed by atoms with Crippen molar-refractivity contribution in [3.05, 3.63) is 42.1 Å². The molecule has 0 aliphatic heterocycles. The number of nitrogens with one attached hydrogen (secondary N) is 1. The molecular weight excluding hydrogens is 232 g/mol. The lowest BCUT2D eigenvalue weighted by atomic mass is 9.85. The Balaban J connectivity index is 2.33. The molecule has 0 aliphatic carbocycles. The molecule has 0 saturated carbocycles. The fourth-order valence-electron chi connectivity index (χ4n) is 2.45. The van der Waals surface area contributed by atoms with Crippen LogP contribution in [0.4, 0.5) is 0 Å². The molecular formula is C17H24N2. The predicted octanol–water partition coefficient (Wildman–Crippen LogP) is 4.32. The monoisotopic (exact) mass is 256 g/mol. The van der Waals surface area contributed by atoms with Crippen molar-refractivity contribution < 1.29 is 0 Å². The number of hydrogen-bond acceptors (Lipinski definition) is 2. The smallest absolute Gasteiger partial charge is 0.0702 e. The Bertz CT molecular complexity index is 540. The SMILES string of the molecule is CCNC(CC(C)(C)C)c1cnc2ccccc2c1. The Morgan fingerprint density at radius 1 is 1.21 bits per heavy atom. The van der Waals surface area contributed by atoms with Gasteiger partial charge in [0.05, 0.1) is 5.52 Å². The predicted molar refractivity (Wildman–Crippen MR) is 82.2 cm³/mol. The summed E-state index contributed by atoms with van der Waals surface area (Å²) in [6.07, 6.45) is 3.13. The fraction of sp³-hybridized carbons (Fsp3) is 0.471. The van der Waals surface area contributed by atoms with Gasteiger partial charge in [-0.15, -0.1) is 0 Å². The Morgan fingerprint density at radius 2 is 1.95 bits per heavy atom. The number of pyridine rings is 1. The minimum absolute atomic E-state index is 0.304. The summed E-state index contributed by atoms with van der Waals surface area (Å²) in [5, 5.41) is 4.80. The topological polar surface area (TPSA) is 24.9 Å². The van der Waals surface area contributed by atoms with E-state index < -0.39 is 0 Å². The van der Waals surface area contributed by atoms with Gasteiger partial charge >= 0.3 is 0 Å². The summed E-state index contributed by atoms with van der Waals surface area (Å²) >= 11 is 0. The number of nitrogens with zero attached hydrogens (tertiary/aromatic N) is 1. The summed E-state index contributed by atoms with van der Waals surface area (Å²) in [6.45, 7) is 9.99. The van der Waals surface area contributed by atoms with Gasteiger partial charge in [0.15, 0.2) is 0 Å². The molecule has 0 amide bonds. The molecule has 0 fully saturated rings. The average Bonchev–Trinajstić information content (AvgIpc) is 2.36. The first-order chi connectivity index (χ1) is 8.99. The maximum absolute atomic E-state index is 4.57. The van der Waals surface area contributed by atoms with Gasteiger partial charge in [-0.3, -0.25) is 4.98 Å². The molecule has 1 N–H and O–H groups in total. The molecule has 0 saturated heterocycles. The summed E-state index contributed by atoms with van der Waals surface area (Å²) in [7, 11) is 0. The van der Waals surface area contributed by atoms with Crippen LogP contribution in [0.15, 0.2) is 36.5 Å². The number of fused-ring (bicyclic) bond motifs is 1. The van der Waals surface area contributed by atoms with Crippen molar-refractivity contribution in [2.75, 3.05) is 6.54 Å². The Kier molecular flexibility index (Phi) is 4.20. The Hall–Kier alpha value is -1.41. The van der Waals surface area contributed by atoms with E-state index in [-0.39, 0.29) is 0 Å². The highest BCUT2D eigenvalue weighted by molar-refractivity contribution is 5.78. The summed E-state index contributed by atoms with van der Waals surface area (Å²) in [5.74, 6) is 0. The van der Waals surface area contributed by atoms with Crippen molar-refractivity contribution in [3.63, 3.8) is 0 Å². The molecule has 0 aliphatic rings. The molecule has 0 bridgehead atoms. The maximum Gasteiger partial charge on any atom is 0.0702 e. The van der Waals surface area contributed by atoms with Crippen LogP contribution in [-0.4, -0.2) is 11.5 Å². The normalized spacial score (nSPS) is 13.7. The van der Waals surface area contributed by atoms with Gasteiger partial charge in [0.1, 0.15) is 0 Å². The van der Waals surface area contributed by atoms with E-state index >= 15 is 0 Å². The van der Waals surface area contributed by atoms with Crippen molar-refractivity contribution in [3.8, 4) is 0 Å². The highest BCUT2D eigenvalue weighted by atomic mass is 14.9. The van der Waals surface area contributed by atoms with Crippen LogP contribution in [-0.2, 0) is 0 Å². The Labute approximate surface area is 116 Å². The number of aromatic nitrogens is 1. The molecule has 0 spiro atoms. The van der Waals surface area contributed by atoms with Crippen LogP contribution in [0.2, 0.25) is 0 Å². The molecule has 1 aromatic heterocycles. The van der Waals surface area contributed by atoms with E-state index in [2.05, 4.69) is 62.3 Å². The largest absolute Gasteiger partial charge is 0.310 e. The number of rotatable bonds is 4. The van der Waals surface area contributed by atoms with Crippen LogP contribution in [0.1, 0.15) is 45.7 Å². The lowest BCUT2D eigenvalue weighted by Gasteiger charge is -2.27. The van der Waals surface area contributed by atoms with Gasteiger partial charge in [-0.2, -0.15) is 0 Å². The van der Waals surface area contributed by atoms with E-state index in [4.69, 9.17) is 0 Å².